The van der Waals surface area contributed by atoms with E-state index in [4.69, 9.17) is 4.42 Å². The molecule has 70 heavy (non-hydrogen) atoms. The summed E-state index contributed by atoms with van der Waals surface area (Å²) < 4.78 is 6.22. The molecular weight excluding hydrogens is 847 g/mol. The van der Waals surface area contributed by atoms with Crippen molar-refractivity contribution in [3.05, 3.63) is 305 Å². The van der Waals surface area contributed by atoms with Crippen molar-refractivity contribution in [1.82, 2.24) is 0 Å². The van der Waals surface area contributed by atoms with Gasteiger partial charge in [0.25, 0.3) is 0 Å². The summed E-state index contributed by atoms with van der Waals surface area (Å²) in [7, 11) is 0. The van der Waals surface area contributed by atoms with Crippen LogP contribution in [0.2, 0.25) is 0 Å². The van der Waals surface area contributed by atoms with E-state index in [0.717, 1.165) is 50.1 Å². The first kappa shape index (κ1) is 39.1. The lowest BCUT2D eigenvalue weighted by atomic mass is 9.52. The van der Waals surface area contributed by atoms with Gasteiger partial charge in [-0.3, -0.25) is 0 Å². The summed E-state index contributed by atoms with van der Waals surface area (Å²) >= 11 is 0. The second-order valence-corrected chi connectivity index (χ2v) is 19.1. The van der Waals surface area contributed by atoms with E-state index in [-0.39, 0.29) is 0 Å². The Labute approximate surface area is 407 Å². The van der Waals surface area contributed by atoms with Gasteiger partial charge >= 0.3 is 0 Å². The highest BCUT2D eigenvalue weighted by atomic mass is 16.3. The predicted octanol–water partition coefficient (Wildman–Crippen LogP) is 17.4. The highest BCUT2D eigenvalue weighted by molar-refractivity contribution is 6.06. The number of benzene rings is 11. The van der Waals surface area contributed by atoms with Crippen molar-refractivity contribution in [1.29, 1.82) is 0 Å². The average molecular weight is 890 g/mol. The molecule has 0 unspecified atom stereocenters. The molecule has 0 atom stereocenters. The number of hydrogen-bond acceptors (Lipinski definition) is 2. The largest absolute Gasteiger partial charge is 0.456 e. The quantitative estimate of drug-likeness (QED) is 0.171. The normalized spacial score (nSPS) is 13.9. The Morgan fingerprint density at radius 2 is 0.629 bits per heavy atom. The van der Waals surface area contributed by atoms with Gasteiger partial charge in [-0.2, -0.15) is 0 Å². The highest BCUT2D eigenvalue weighted by Gasteiger charge is 2.59. The van der Waals surface area contributed by atoms with E-state index in [1.807, 2.05) is 12.1 Å². The Morgan fingerprint density at radius 3 is 1.19 bits per heavy atom. The third-order valence-electron chi connectivity index (χ3n) is 15.8. The number of rotatable bonds is 5. The SMILES string of the molecule is c1ccc(-c2ccc(N(c3ccc(-c4ccc5oc6ccccc6c5c4)cc3)c3ccc4c(c3)C3(c5ccccc5-c5ccccc53)c3ccccc3C43c4ccccc4-c4ccccc43)cc2)cc1. The van der Waals surface area contributed by atoms with Crippen molar-refractivity contribution in [2.45, 2.75) is 10.8 Å². The smallest absolute Gasteiger partial charge is 0.135 e. The molecule has 0 saturated heterocycles. The third kappa shape index (κ3) is 5.22. The van der Waals surface area contributed by atoms with Crippen molar-refractivity contribution < 1.29 is 4.42 Å². The van der Waals surface area contributed by atoms with E-state index in [2.05, 4.69) is 254 Å². The molecule has 0 N–H and O–H groups in total. The lowest BCUT2D eigenvalue weighted by Crippen LogP contribution is -2.43. The number of anilines is 3. The number of hydrogen-bond donors (Lipinski definition) is 0. The molecule has 2 spiro atoms. The molecule has 15 rings (SSSR count). The first-order chi connectivity index (χ1) is 34.7. The number of nitrogens with zero attached hydrogens (tertiary/aromatic N) is 1. The van der Waals surface area contributed by atoms with E-state index >= 15 is 0 Å². The molecule has 0 saturated carbocycles. The molecule has 0 aliphatic heterocycles. The van der Waals surface area contributed by atoms with Gasteiger partial charge in [0, 0.05) is 27.8 Å². The summed E-state index contributed by atoms with van der Waals surface area (Å²) in [5.41, 5.74) is 24.4. The van der Waals surface area contributed by atoms with Gasteiger partial charge in [0.15, 0.2) is 0 Å². The molecule has 2 nitrogen and oxygen atoms in total. The third-order valence-corrected chi connectivity index (χ3v) is 15.8. The van der Waals surface area contributed by atoms with Crippen LogP contribution in [-0.4, -0.2) is 0 Å². The number of para-hydroxylation sites is 1. The minimum Gasteiger partial charge on any atom is -0.456 e. The molecular formula is C68H43NO. The van der Waals surface area contributed by atoms with Gasteiger partial charge in [0.05, 0.1) is 10.8 Å². The molecule has 11 aromatic carbocycles. The van der Waals surface area contributed by atoms with Crippen molar-refractivity contribution >= 4 is 39.0 Å². The molecule has 12 aromatic rings. The van der Waals surface area contributed by atoms with Crippen molar-refractivity contribution in [3.63, 3.8) is 0 Å². The van der Waals surface area contributed by atoms with Gasteiger partial charge in [-0.05, 0) is 144 Å². The number of fused-ring (bicyclic) bond motifs is 19. The molecule has 2 heteroatoms. The molecule has 0 fully saturated rings. The first-order valence-electron chi connectivity index (χ1n) is 24.3. The second-order valence-electron chi connectivity index (χ2n) is 19.1. The maximum absolute atomic E-state index is 6.22. The van der Waals surface area contributed by atoms with E-state index in [0.29, 0.717) is 0 Å². The maximum Gasteiger partial charge on any atom is 0.135 e. The molecule has 326 valence electrons. The van der Waals surface area contributed by atoms with Gasteiger partial charge in [-0.15, -0.1) is 0 Å². The molecule has 1 aromatic heterocycles. The monoisotopic (exact) mass is 889 g/mol. The minimum absolute atomic E-state index is 0.555. The van der Waals surface area contributed by atoms with Gasteiger partial charge in [0.2, 0.25) is 0 Å². The standard InChI is InChI=1S/C68H43NO/c1-2-16-44(17-3-1)45-30-35-48(36-31-45)69(49-37-32-46(33-38-49)47-34-41-66-56(42-47)55-22-8-15-29-65(55)70-66)50-39-40-63-64(43-50)68(59-25-11-6-20-53(59)54-21-7-12-26-60(54)68)62-28-14-13-27-61(62)67(63)57-23-9-4-18-51(57)52-19-5-10-24-58(52)67/h1-43H. The highest BCUT2D eigenvalue weighted by Crippen LogP contribution is 2.67. The molecule has 3 aliphatic rings. The Hall–Kier alpha value is -8.98. The van der Waals surface area contributed by atoms with Gasteiger partial charge in [-0.25, -0.2) is 0 Å². The summed E-state index contributed by atoms with van der Waals surface area (Å²) in [6.45, 7) is 0. The molecule has 0 amide bonds. The zero-order valence-corrected chi connectivity index (χ0v) is 38.2. The second kappa shape index (κ2) is 14.8. The van der Waals surface area contributed by atoms with Gasteiger partial charge in [0.1, 0.15) is 11.2 Å². The van der Waals surface area contributed by atoms with E-state index in [1.54, 1.807) is 0 Å². The zero-order chi connectivity index (χ0) is 46.0. The summed E-state index contributed by atoms with van der Waals surface area (Å²) in [6.07, 6.45) is 0. The Bertz CT molecular complexity index is 3970. The van der Waals surface area contributed by atoms with Gasteiger partial charge < -0.3 is 9.32 Å². The van der Waals surface area contributed by atoms with Crippen LogP contribution in [0.3, 0.4) is 0 Å². The topological polar surface area (TPSA) is 16.4 Å². The van der Waals surface area contributed by atoms with Crippen LogP contribution < -0.4 is 4.90 Å². The van der Waals surface area contributed by atoms with Crippen LogP contribution in [0.15, 0.2) is 265 Å². The summed E-state index contributed by atoms with van der Waals surface area (Å²) in [5, 5.41) is 2.26. The molecule has 0 bridgehead atoms. The summed E-state index contributed by atoms with van der Waals surface area (Å²) in [5.74, 6) is 0. The van der Waals surface area contributed by atoms with Crippen molar-refractivity contribution in [2.24, 2.45) is 0 Å². The number of furan rings is 1. The molecule has 1 heterocycles. The Morgan fingerprint density at radius 1 is 0.243 bits per heavy atom. The zero-order valence-electron chi connectivity index (χ0n) is 38.2. The summed E-state index contributed by atoms with van der Waals surface area (Å²) in [4.78, 5) is 2.45. The van der Waals surface area contributed by atoms with Crippen molar-refractivity contribution in [2.75, 3.05) is 4.90 Å². The van der Waals surface area contributed by atoms with Crippen LogP contribution in [0.4, 0.5) is 17.1 Å². The van der Waals surface area contributed by atoms with Crippen LogP contribution in [-0.2, 0) is 10.8 Å². The van der Waals surface area contributed by atoms with Crippen LogP contribution in [0.25, 0.3) is 66.4 Å². The fraction of sp³-hybridized carbons (Fsp3) is 0.0294. The van der Waals surface area contributed by atoms with E-state index in [1.165, 1.54) is 77.9 Å². The molecule has 3 aliphatic carbocycles. The summed E-state index contributed by atoms with van der Waals surface area (Å²) in [6, 6.07) is 97.0. The predicted molar refractivity (Wildman–Crippen MR) is 287 cm³/mol. The Balaban J connectivity index is 0.993. The van der Waals surface area contributed by atoms with Crippen LogP contribution in [0, 0.1) is 0 Å². The molecule has 0 radical (unpaired) electrons. The minimum atomic E-state index is -0.602. The average Bonchev–Trinajstić information content (AvgIpc) is 4.06. The lowest BCUT2D eigenvalue weighted by Gasteiger charge is -2.49. The van der Waals surface area contributed by atoms with E-state index < -0.39 is 10.8 Å². The van der Waals surface area contributed by atoms with Crippen LogP contribution in [0.5, 0.6) is 0 Å². The Kier molecular flexibility index (Phi) is 8.24. The lowest BCUT2D eigenvalue weighted by molar-refractivity contribution is 0.633. The fourth-order valence-electron chi connectivity index (χ4n) is 13.0. The fourth-order valence-corrected chi connectivity index (χ4v) is 13.0. The first-order valence-corrected chi connectivity index (χ1v) is 24.3. The van der Waals surface area contributed by atoms with Crippen LogP contribution in [0.1, 0.15) is 44.5 Å². The maximum atomic E-state index is 6.22. The van der Waals surface area contributed by atoms with E-state index in [9.17, 15) is 0 Å². The van der Waals surface area contributed by atoms with Gasteiger partial charge in [-0.1, -0.05) is 206 Å². The van der Waals surface area contributed by atoms with Crippen molar-refractivity contribution in [3.8, 4) is 44.5 Å². The van der Waals surface area contributed by atoms with Crippen LogP contribution >= 0.6 is 0 Å².